The van der Waals surface area contributed by atoms with Crippen LogP contribution in [0.4, 0.5) is 0 Å². The van der Waals surface area contributed by atoms with E-state index in [1.807, 2.05) is 0 Å². The molecule has 1 saturated heterocycles. The lowest BCUT2D eigenvalue weighted by Crippen LogP contribution is -2.42. The molecule has 3 N–H and O–H groups in total. The Morgan fingerprint density at radius 3 is 2.64 bits per heavy atom. The molecule has 5 nitrogen and oxygen atoms in total. The average molecular weight is 316 g/mol. The molecule has 22 heavy (non-hydrogen) atoms. The van der Waals surface area contributed by atoms with Crippen LogP contribution in [0.1, 0.15) is 51.9 Å². The molecule has 130 valence electrons. The summed E-state index contributed by atoms with van der Waals surface area (Å²) in [7, 11) is 0. The van der Waals surface area contributed by atoms with Gasteiger partial charge in [-0.3, -0.25) is 0 Å². The molecule has 0 aliphatic carbocycles. The second-order valence-electron chi connectivity index (χ2n) is 5.91. The van der Waals surface area contributed by atoms with Gasteiger partial charge >= 0.3 is 0 Å². The Labute approximate surface area is 133 Å². The largest absolute Gasteiger partial charge is 0.394 e. The lowest BCUT2D eigenvalue weighted by molar-refractivity contribution is -0.0938. The van der Waals surface area contributed by atoms with Gasteiger partial charge < -0.3 is 24.8 Å². The van der Waals surface area contributed by atoms with E-state index in [1.165, 1.54) is 25.7 Å². The maximum absolute atomic E-state index is 9.80. The van der Waals surface area contributed by atoms with Gasteiger partial charge in [0, 0.05) is 6.61 Å². The highest BCUT2D eigenvalue weighted by Gasteiger charge is 2.40. The summed E-state index contributed by atoms with van der Waals surface area (Å²) in [5.74, 6) is 0. The Morgan fingerprint density at radius 1 is 1.18 bits per heavy atom. The molecule has 1 fully saturated rings. The number of hydrogen-bond acceptors (Lipinski definition) is 5. The predicted molar refractivity (Wildman–Crippen MR) is 85.7 cm³/mol. The fourth-order valence-electron chi connectivity index (χ4n) is 2.60. The van der Waals surface area contributed by atoms with Crippen molar-refractivity contribution in [3.05, 3.63) is 12.2 Å². The van der Waals surface area contributed by atoms with Crippen molar-refractivity contribution in [2.45, 2.75) is 76.3 Å². The second-order valence-corrected chi connectivity index (χ2v) is 5.91. The summed E-state index contributed by atoms with van der Waals surface area (Å²) >= 11 is 0. The van der Waals surface area contributed by atoms with Crippen LogP contribution in [0.2, 0.25) is 0 Å². The fraction of sp³-hybridized carbons (Fsp3) is 0.882. The Hall–Kier alpha value is -0.460. The topological polar surface area (TPSA) is 79.2 Å². The van der Waals surface area contributed by atoms with Crippen LogP contribution in [-0.4, -0.2) is 59.6 Å². The summed E-state index contributed by atoms with van der Waals surface area (Å²) in [6.45, 7) is 2.49. The van der Waals surface area contributed by atoms with E-state index in [0.717, 1.165) is 19.3 Å². The molecule has 0 saturated carbocycles. The van der Waals surface area contributed by atoms with Gasteiger partial charge in [-0.15, -0.1) is 0 Å². The van der Waals surface area contributed by atoms with Crippen LogP contribution in [0.5, 0.6) is 0 Å². The summed E-state index contributed by atoms with van der Waals surface area (Å²) in [5.41, 5.74) is 0. The second kappa shape index (κ2) is 12.0. The van der Waals surface area contributed by atoms with E-state index in [9.17, 15) is 10.2 Å². The van der Waals surface area contributed by atoms with Gasteiger partial charge in [0.2, 0.25) is 0 Å². The standard InChI is InChI=1S/C17H32O5/c1-2-3-4-5-6-7-8-9-10-11-21-17-15(20)13-22-16(17)14(19)12-18/h4-5,14-20H,2-3,6-13H2,1H3/b5-4+/t14-,15+,16-,17-/m1/s1. The van der Waals surface area contributed by atoms with Gasteiger partial charge in [0.25, 0.3) is 0 Å². The van der Waals surface area contributed by atoms with Crippen LogP contribution in [0.25, 0.3) is 0 Å². The van der Waals surface area contributed by atoms with Crippen molar-refractivity contribution in [2.24, 2.45) is 0 Å². The zero-order chi connectivity index (χ0) is 16.2. The maximum atomic E-state index is 9.80. The molecule has 1 rings (SSSR count). The molecule has 4 atom stereocenters. The molecule has 0 aromatic carbocycles. The van der Waals surface area contributed by atoms with Crippen LogP contribution < -0.4 is 0 Å². The van der Waals surface area contributed by atoms with Crippen molar-refractivity contribution in [1.29, 1.82) is 0 Å². The Morgan fingerprint density at radius 2 is 1.91 bits per heavy atom. The first-order chi connectivity index (χ1) is 10.7. The smallest absolute Gasteiger partial charge is 0.114 e. The number of rotatable bonds is 12. The van der Waals surface area contributed by atoms with Crippen molar-refractivity contribution >= 4 is 0 Å². The van der Waals surface area contributed by atoms with E-state index in [-0.39, 0.29) is 13.2 Å². The predicted octanol–water partition coefficient (Wildman–Crippen LogP) is 1.79. The third-order valence-electron chi connectivity index (χ3n) is 3.93. The van der Waals surface area contributed by atoms with Gasteiger partial charge in [0.1, 0.15) is 24.4 Å². The third-order valence-corrected chi connectivity index (χ3v) is 3.93. The van der Waals surface area contributed by atoms with Crippen molar-refractivity contribution in [3.63, 3.8) is 0 Å². The molecule has 1 aliphatic heterocycles. The molecule has 0 aromatic heterocycles. The summed E-state index contributed by atoms with van der Waals surface area (Å²) in [4.78, 5) is 0. The Bertz CT molecular complexity index is 295. The quantitative estimate of drug-likeness (QED) is 0.378. The minimum absolute atomic E-state index is 0.149. The zero-order valence-corrected chi connectivity index (χ0v) is 13.7. The van der Waals surface area contributed by atoms with Crippen molar-refractivity contribution in [1.82, 2.24) is 0 Å². The lowest BCUT2D eigenvalue weighted by Gasteiger charge is -2.23. The van der Waals surface area contributed by atoms with E-state index in [0.29, 0.717) is 6.61 Å². The van der Waals surface area contributed by atoms with E-state index in [1.54, 1.807) is 0 Å². The van der Waals surface area contributed by atoms with E-state index in [2.05, 4.69) is 19.1 Å². The van der Waals surface area contributed by atoms with Crippen LogP contribution in [0.15, 0.2) is 12.2 Å². The fourth-order valence-corrected chi connectivity index (χ4v) is 2.60. The molecule has 0 amide bonds. The molecule has 5 heteroatoms. The first kappa shape index (κ1) is 19.6. The van der Waals surface area contributed by atoms with E-state index < -0.39 is 24.4 Å². The van der Waals surface area contributed by atoms with Crippen molar-refractivity contribution < 1.29 is 24.8 Å². The number of allylic oxidation sites excluding steroid dienone is 2. The minimum Gasteiger partial charge on any atom is -0.394 e. The third kappa shape index (κ3) is 7.20. The molecular formula is C17H32O5. The number of ether oxygens (including phenoxy) is 2. The molecule has 0 unspecified atom stereocenters. The monoisotopic (exact) mass is 316 g/mol. The molecular weight excluding hydrogens is 284 g/mol. The van der Waals surface area contributed by atoms with E-state index in [4.69, 9.17) is 14.6 Å². The van der Waals surface area contributed by atoms with Crippen LogP contribution in [-0.2, 0) is 9.47 Å². The van der Waals surface area contributed by atoms with Gasteiger partial charge in [-0.05, 0) is 25.7 Å². The molecule has 0 aromatic rings. The van der Waals surface area contributed by atoms with Crippen molar-refractivity contribution in [3.8, 4) is 0 Å². The van der Waals surface area contributed by atoms with Gasteiger partial charge in [0.15, 0.2) is 0 Å². The first-order valence-electron chi connectivity index (χ1n) is 8.55. The van der Waals surface area contributed by atoms with Gasteiger partial charge in [-0.1, -0.05) is 38.3 Å². The van der Waals surface area contributed by atoms with Gasteiger partial charge in [-0.2, -0.15) is 0 Å². The lowest BCUT2D eigenvalue weighted by atomic mass is 10.1. The average Bonchev–Trinajstić information content (AvgIpc) is 2.89. The van der Waals surface area contributed by atoms with Gasteiger partial charge in [0.05, 0.1) is 13.2 Å². The zero-order valence-electron chi connectivity index (χ0n) is 13.7. The summed E-state index contributed by atoms with van der Waals surface area (Å²) in [5, 5.41) is 28.4. The van der Waals surface area contributed by atoms with Crippen LogP contribution in [0.3, 0.4) is 0 Å². The summed E-state index contributed by atoms with van der Waals surface area (Å²) in [6, 6.07) is 0. The summed E-state index contributed by atoms with van der Waals surface area (Å²) < 4.78 is 10.9. The highest BCUT2D eigenvalue weighted by Crippen LogP contribution is 2.21. The molecule has 1 heterocycles. The summed E-state index contributed by atoms with van der Waals surface area (Å²) in [6.07, 6.45) is 9.51. The highest BCUT2D eigenvalue weighted by atomic mass is 16.6. The van der Waals surface area contributed by atoms with E-state index >= 15 is 0 Å². The van der Waals surface area contributed by atoms with Crippen molar-refractivity contribution in [2.75, 3.05) is 19.8 Å². The SMILES string of the molecule is CCC/C=C/CCCCCCO[C@H]1[C@@H]([C@H](O)CO)OC[C@@H]1O. The molecule has 0 spiro atoms. The Kier molecular flexibility index (Phi) is 10.7. The number of aliphatic hydroxyl groups excluding tert-OH is 3. The normalized spacial score (nSPS) is 26.8. The Balaban J connectivity index is 2.05. The number of hydrogen-bond donors (Lipinski definition) is 3. The van der Waals surface area contributed by atoms with Crippen LogP contribution in [0, 0.1) is 0 Å². The maximum Gasteiger partial charge on any atom is 0.114 e. The molecule has 1 aliphatic rings. The number of unbranched alkanes of at least 4 members (excludes halogenated alkanes) is 5. The molecule has 0 bridgehead atoms. The van der Waals surface area contributed by atoms with Crippen LogP contribution >= 0.6 is 0 Å². The van der Waals surface area contributed by atoms with Gasteiger partial charge in [-0.25, -0.2) is 0 Å². The molecule has 0 radical (unpaired) electrons. The number of aliphatic hydroxyl groups is 3. The first-order valence-corrected chi connectivity index (χ1v) is 8.55. The minimum atomic E-state index is -1.00. The highest BCUT2D eigenvalue weighted by molar-refractivity contribution is 4.89.